The Kier molecular flexibility index (Phi) is 9.11. The molecule has 1 unspecified atom stereocenters. The summed E-state index contributed by atoms with van der Waals surface area (Å²) < 4.78 is 10.3. The number of amides is 3. The van der Waals surface area contributed by atoms with E-state index in [4.69, 9.17) is 9.47 Å². The molecule has 188 valence electrons. The Morgan fingerprint density at radius 1 is 1.15 bits per heavy atom. The molecule has 2 heterocycles. The lowest BCUT2D eigenvalue weighted by molar-refractivity contribution is -0.164. The SMILES string of the molecule is CCOC(=O)C(=O)N(CC(C)C)[C@H]1C[C@@H](C(=O)N2CCOCC2)CN(C(=O)O)C1C(C)(C)C. The third-order valence-corrected chi connectivity index (χ3v) is 6.12. The highest BCUT2D eigenvalue weighted by molar-refractivity contribution is 6.32. The van der Waals surface area contributed by atoms with Gasteiger partial charge >= 0.3 is 18.0 Å². The van der Waals surface area contributed by atoms with Crippen molar-refractivity contribution in [3.63, 3.8) is 0 Å². The number of carboxylic acid groups (broad SMARTS) is 1. The molecule has 1 N–H and O–H groups in total. The second-order valence-corrected chi connectivity index (χ2v) is 10.3. The summed E-state index contributed by atoms with van der Waals surface area (Å²) in [4.78, 5) is 55.7. The Morgan fingerprint density at radius 3 is 2.24 bits per heavy atom. The van der Waals surface area contributed by atoms with Crippen LogP contribution in [0.5, 0.6) is 0 Å². The molecule has 0 bridgehead atoms. The zero-order valence-corrected chi connectivity index (χ0v) is 20.7. The van der Waals surface area contributed by atoms with Crippen LogP contribution in [-0.4, -0.2) is 102 Å². The molecule has 33 heavy (non-hydrogen) atoms. The van der Waals surface area contributed by atoms with E-state index in [0.717, 1.165) is 0 Å². The van der Waals surface area contributed by atoms with E-state index in [-0.39, 0.29) is 37.9 Å². The maximum Gasteiger partial charge on any atom is 0.407 e. The number of carbonyl (C=O) groups is 4. The van der Waals surface area contributed by atoms with E-state index < -0.39 is 41.4 Å². The third kappa shape index (κ3) is 6.59. The van der Waals surface area contributed by atoms with Crippen LogP contribution in [0.25, 0.3) is 0 Å². The molecule has 2 aliphatic rings. The minimum atomic E-state index is -1.15. The van der Waals surface area contributed by atoms with Crippen molar-refractivity contribution in [2.45, 2.75) is 60.0 Å². The van der Waals surface area contributed by atoms with Crippen LogP contribution in [0.3, 0.4) is 0 Å². The Balaban J connectivity index is 2.49. The van der Waals surface area contributed by atoms with Gasteiger partial charge in [-0.15, -0.1) is 0 Å². The summed E-state index contributed by atoms with van der Waals surface area (Å²) in [6.45, 7) is 13.3. The highest BCUT2D eigenvalue weighted by Crippen LogP contribution is 2.38. The van der Waals surface area contributed by atoms with E-state index in [1.807, 2.05) is 34.6 Å². The number of ether oxygens (including phenoxy) is 2. The van der Waals surface area contributed by atoms with Crippen LogP contribution < -0.4 is 0 Å². The normalized spacial score (nSPS) is 23.9. The smallest absolute Gasteiger partial charge is 0.407 e. The Morgan fingerprint density at radius 2 is 1.76 bits per heavy atom. The molecule has 10 heteroatoms. The van der Waals surface area contributed by atoms with Gasteiger partial charge in [-0.3, -0.25) is 9.59 Å². The lowest BCUT2D eigenvalue weighted by atomic mass is 9.74. The van der Waals surface area contributed by atoms with Crippen LogP contribution in [0.2, 0.25) is 0 Å². The van der Waals surface area contributed by atoms with Crippen molar-refractivity contribution in [1.29, 1.82) is 0 Å². The summed E-state index contributed by atoms with van der Waals surface area (Å²) in [6.07, 6.45) is -0.868. The predicted molar refractivity (Wildman–Crippen MR) is 120 cm³/mol. The molecule has 0 radical (unpaired) electrons. The van der Waals surface area contributed by atoms with Crippen molar-refractivity contribution in [3.05, 3.63) is 0 Å². The number of nitrogens with zero attached hydrogens (tertiary/aromatic N) is 3. The molecule has 0 aromatic rings. The molecule has 2 saturated heterocycles. The first-order chi connectivity index (χ1) is 15.4. The third-order valence-electron chi connectivity index (χ3n) is 6.12. The number of hydrogen-bond acceptors (Lipinski definition) is 6. The molecule has 3 amide bonds. The second kappa shape index (κ2) is 11.2. The summed E-state index contributed by atoms with van der Waals surface area (Å²) in [5, 5.41) is 10.1. The summed E-state index contributed by atoms with van der Waals surface area (Å²) in [6, 6.07) is -1.25. The van der Waals surface area contributed by atoms with E-state index in [9.17, 15) is 24.3 Å². The summed E-state index contributed by atoms with van der Waals surface area (Å²) in [7, 11) is 0. The van der Waals surface area contributed by atoms with Crippen LogP contribution in [-0.2, 0) is 23.9 Å². The summed E-state index contributed by atoms with van der Waals surface area (Å²) in [5.41, 5.74) is -0.541. The molecule has 10 nitrogen and oxygen atoms in total. The zero-order chi connectivity index (χ0) is 24.9. The number of likely N-dealkylation sites (tertiary alicyclic amines) is 1. The molecular weight excluding hydrogens is 430 g/mol. The highest BCUT2D eigenvalue weighted by Gasteiger charge is 2.50. The molecule has 3 atom stereocenters. The van der Waals surface area contributed by atoms with Crippen LogP contribution in [0.15, 0.2) is 0 Å². The second-order valence-electron chi connectivity index (χ2n) is 10.3. The lowest BCUT2D eigenvalue weighted by Crippen LogP contribution is -2.66. The molecule has 0 aromatic heterocycles. The van der Waals surface area contributed by atoms with Gasteiger partial charge in [0, 0.05) is 26.2 Å². The Bertz CT molecular complexity index is 728. The van der Waals surface area contributed by atoms with E-state index in [0.29, 0.717) is 26.3 Å². The molecule has 0 aliphatic carbocycles. The minimum Gasteiger partial charge on any atom is -0.465 e. The fourth-order valence-corrected chi connectivity index (χ4v) is 4.89. The van der Waals surface area contributed by atoms with E-state index in [1.165, 1.54) is 9.80 Å². The van der Waals surface area contributed by atoms with Crippen LogP contribution in [0.1, 0.15) is 48.0 Å². The van der Waals surface area contributed by atoms with Gasteiger partial charge in [-0.25, -0.2) is 9.59 Å². The van der Waals surface area contributed by atoms with Gasteiger partial charge in [0.25, 0.3) is 0 Å². The van der Waals surface area contributed by atoms with Crippen molar-refractivity contribution in [2.24, 2.45) is 17.3 Å². The fourth-order valence-electron chi connectivity index (χ4n) is 4.89. The van der Waals surface area contributed by atoms with E-state index >= 15 is 0 Å². The number of hydrogen-bond donors (Lipinski definition) is 1. The maximum absolute atomic E-state index is 13.3. The zero-order valence-electron chi connectivity index (χ0n) is 20.7. The molecule has 2 rings (SSSR count). The van der Waals surface area contributed by atoms with Gasteiger partial charge < -0.3 is 29.3 Å². The van der Waals surface area contributed by atoms with Gasteiger partial charge in [-0.1, -0.05) is 34.6 Å². The number of esters is 1. The van der Waals surface area contributed by atoms with Gasteiger partial charge in [0.15, 0.2) is 0 Å². The van der Waals surface area contributed by atoms with Crippen LogP contribution in [0, 0.1) is 17.3 Å². The monoisotopic (exact) mass is 469 g/mol. The predicted octanol–water partition coefficient (Wildman–Crippen LogP) is 1.68. The number of carbonyl (C=O) groups excluding carboxylic acids is 3. The van der Waals surface area contributed by atoms with Crippen molar-refractivity contribution in [3.8, 4) is 0 Å². The lowest BCUT2D eigenvalue weighted by Gasteiger charge is -2.52. The van der Waals surface area contributed by atoms with Crippen molar-refractivity contribution >= 4 is 23.9 Å². The molecule has 0 aromatic carbocycles. The molecule has 2 aliphatic heterocycles. The fraction of sp³-hybridized carbons (Fsp3) is 0.826. The molecule has 0 saturated carbocycles. The average molecular weight is 470 g/mol. The number of morpholine rings is 1. The van der Waals surface area contributed by atoms with Gasteiger partial charge in [-0.2, -0.15) is 0 Å². The molecule has 2 fully saturated rings. The summed E-state index contributed by atoms with van der Waals surface area (Å²) >= 11 is 0. The number of piperidine rings is 1. The molecular formula is C23H39N3O7. The summed E-state index contributed by atoms with van der Waals surface area (Å²) in [5.74, 6) is -2.50. The quantitative estimate of drug-likeness (QED) is 0.481. The van der Waals surface area contributed by atoms with Crippen LogP contribution in [0.4, 0.5) is 4.79 Å². The standard InChI is InChI=1S/C23H39N3O7/c1-7-33-21(29)20(28)25(13-15(2)3)17-12-16(19(27)24-8-10-32-11-9-24)14-26(22(30)31)18(17)23(4,5)6/h15-18H,7-14H2,1-6H3,(H,30,31)/t16-,17+,18?/m1/s1. The van der Waals surface area contributed by atoms with Gasteiger partial charge in [0.05, 0.1) is 37.8 Å². The first-order valence-electron chi connectivity index (χ1n) is 11.7. The maximum atomic E-state index is 13.3. The topological polar surface area (TPSA) is 117 Å². The largest absolute Gasteiger partial charge is 0.465 e. The number of rotatable bonds is 5. The van der Waals surface area contributed by atoms with Crippen LogP contribution >= 0.6 is 0 Å². The molecule has 0 spiro atoms. The van der Waals surface area contributed by atoms with Gasteiger partial charge in [-0.05, 0) is 24.7 Å². The average Bonchev–Trinajstić information content (AvgIpc) is 2.75. The van der Waals surface area contributed by atoms with E-state index in [2.05, 4.69) is 0 Å². The highest BCUT2D eigenvalue weighted by atomic mass is 16.5. The first kappa shape index (κ1) is 26.9. The minimum absolute atomic E-state index is 0.0256. The van der Waals surface area contributed by atoms with Crippen molar-refractivity contribution in [2.75, 3.05) is 46.0 Å². The van der Waals surface area contributed by atoms with Gasteiger partial charge in [0.1, 0.15) is 0 Å². The first-order valence-corrected chi connectivity index (χ1v) is 11.7. The Labute approximate surface area is 196 Å². The van der Waals surface area contributed by atoms with E-state index in [1.54, 1.807) is 11.8 Å². The van der Waals surface area contributed by atoms with Crippen molar-refractivity contribution < 1.29 is 33.8 Å². The Hall–Kier alpha value is -2.36. The van der Waals surface area contributed by atoms with Gasteiger partial charge in [0.2, 0.25) is 5.91 Å². The van der Waals surface area contributed by atoms with Crippen molar-refractivity contribution in [1.82, 2.24) is 14.7 Å².